The molecule has 4 heteroatoms. The second-order valence-electron chi connectivity index (χ2n) is 2.32. The molecule has 0 aromatic carbocycles. The third-order valence-corrected chi connectivity index (χ3v) is 1.43. The molecule has 0 aliphatic rings. The first kappa shape index (κ1) is 8.52. The molecule has 0 spiro atoms. The predicted octanol–water partition coefficient (Wildman–Crippen LogP) is 1.73. The number of nitrogens with one attached hydrogen (secondary N) is 1. The zero-order valence-corrected chi connectivity index (χ0v) is 6.74. The predicted molar refractivity (Wildman–Crippen MR) is 45.3 cm³/mol. The molecular formula is C8H10N2O2. The van der Waals surface area contributed by atoms with Crippen LogP contribution >= 0.6 is 0 Å². The van der Waals surface area contributed by atoms with Crippen molar-refractivity contribution in [2.24, 2.45) is 0 Å². The Bertz CT molecular complexity index is 286. The SMILES string of the molecule is CCc1cc(NC(=O)O)ccn1. The fourth-order valence-electron chi connectivity index (χ4n) is 0.873. The van der Waals surface area contributed by atoms with Crippen LogP contribution in [-0.4, -0.2) is 16.2 Å². The summed E-state index contributed by atoms with van der Waals surface area (Å²) in [6, 6.07) is 3.33. The topological polar surface area (TPSA) is 62.2 Å². The maximum absolute atomic E-state index is 10.2. The number of carbonyl (C=O) groups is 1. The van der Waals surface area contributed by atoms with Gasteiger partial charge in [0.25, 0.3) is 0 Å². The second-order valence-corrected chi connectivity index (χ2v) is 2.32. The minimum Gasteiger partial charge on any atom is -0.465 e. The molecule has 0 saturated heterocycles. The van der Waals surface area contributed by atoms with E-state index in [1.807, 2.05) is 6.92 Å². The van der Waals surface area contributed by atoms with Gasteiger partial charge in [0, 0.05) is 17.6 Å². The molecule has 0 fully saturated rings. The largest absolute Gasteiger partial charge is 0.465 e. The van der Waals surface area contributed by atoms with Crippen molar-refractivity contribution in [2.45, 2.75) is 13.3 Å². The maximum Gasteiger partial charge on any atom is 0.409 e. The van der Waals surface area contributed by atoms with Gasteiger partial charge in [0.05, 0.1) is 0 Å². The lowest BCUT2D eigenvalue weighted by Crippen LogP contribution is -2.07. The summed E-state index contributed by atoms with van der Waals surface area (Å²) in [5, 5.41) is 10.7. The van der Waals surface area contributed by atoms with Crippen LogP contribution in [0, 0.1) is 0 Å². The second kappa shape index (κ2) is 3.71. The third kappa shape index (κ3) is 2.23. The van der Waals surface area contributed by atoms with Gasteiger partial charge in [0.15, 0.2) is 0 Å². The summed E-state index contributed by atoms with van der Waals surface area (Å²) in [5.74, 6) is 0. The Labute approximate surface area is 70.3 Å². The lowest BCUT2D eigenvalue weighted by molar-refractivity contribution is 0.210. The molecule has 1 rings (SSSR count). The van der Waals surface area contributed by atoms with Gasteiger partial charge in [-0.2, -0.15) is 0 Å². The molecular weight excluding hydrogens is 156 g/mol. The van der Waals surface area contributed by atoms with Gasteiger partial charge >= 0.3 is 6.09 Å². The van der Waals surface area contributed by atoms with Crippen molar-refractivity contribution in [3.05, 3.63) is 24.0 Å². The van der Waals surface area contributed by atoms with Gasteiger partial charge in [-0.1, -0.05) is 6.92 Å². The van der Waals surface area contributed by atoms with Crippen LogP contribution < -0.4 is 5.32 Å². The van der Waals surface area contributed by atoms with Crippen LogP contribution in [0.2, 0.25) is 0 Å². The number of hydrogen-bond donors (Lipinski definition) is 2. The van der Waals surface area contributed by atoms with E-state index in [1.165, 1.54) is 0 Å². The van der Waals surface area contributed by atoms with Crippen molar-refractivity contribution in [1.29, 1.82) is 0 Å². The molecule has 0 aliphatic heterocycles. The summed E-state index contributed by atoms with van der Waals surface area (Å²) >= 11 is 0. The van der Waals surface area contributed by atoms with E-state index in [0.29, 0.717) is 5.69 Å². The molecule has 1 aromatic heterocycles. The van der Waals surface area contributed by atoms with E-state index in [0.717, 1.165) is 12.1 Å². The number of amides is 1. The Hall–Kier alpha value is -1.58. The van der Waals surface area contributed by atoms with Crippen molar-refractivity contribution >= 4 is 11.8 Å². The van der Waals surface area contributed by atoms with Gasteiger partial charge in [-0.3, -0.25) is 10.3 Å². The van der Waals surface area contributed by atoms with Crippen LogP contribution in [0.3, 0.4) is 0 Å². The summed E-state index contributed by atoms with van der Waals surface area (Å²) in [6.45, 7) is 1.97. The summed E-state index contributed by atoms with van der Waals surface area (Å²) in [7, 11) is 0. The van der Waals surface area contributed by atoms with Crippen LogP contribution in [0.1, 0.15) is 12.6 Å². The summed E-state index contributed by atoms with van der Waals surface area (Å²) in [5.41, 5.74) is 1.44. The first-order valence-corrected chi connectivity index (χ1v) is 3.67. The third-order valence-electron chi connectivity index (χ3n) is 1.43. The number of anilines is 1. The fraction of sp³-hybridized carbons (Fsp3) is 0.250. The van der Waals surface area contributed by atoms with Crippen LogP contribution in [-0.2, 0) is 6.42 Å². The van der Waals surface area contributed by atoms with Crippen molar-refractivity contribution < 1.29 is 9.90 Å². The molecule has 64 valence electrons. The zero-order valence-electron chi connectivity index (χ0n) is 6.74. The highest BCUT2D eigenvalue weighted by Crippen LogP contribution is 2.07. The standard InChI is InChI=1S/C8H10N2O2/c1-2-6-5-7(3-4-9-6)10-8(11)12/h3-5H,2H2,1H3,(H,9,10)(H,11,12). The number of pyridine rings is 1. The van der Waals surface area contributed by atoms with E-state index in [-0.39, 0.29) is 0 Å². The summed E-state index contributed by atoms with van der Waals surface area (Å²) < 4.78 is 0. The lowest BCUT2D eigenvalue weighted by Gasteiger charge is -2.01. The summed E-state index contributed by atoms with van der Waals surface area (Å²) in [4.78, 5) is 14.3. The Morgan fingerprint density at radius 2 is 2.50 bits per heavy atom. The number of aryl methyl sites for hydroxylation is 1. The number of aromatic nitrogens is 1. The molecule has 1 aromatic rings. The number of hydrogen-bond acceptors (Lipinski definition) is 2. The van der Waals surface area contributed by atoms with E-state index >= 15 is 0 Å². The molecule has 12 heavy (non-hydrogen) atoms. The highest BCUT2D eigenvalue weighted by Gasteiger charge is 1.97. The highest BCUT2D eigenvalue weighted by atomic mass is 16.4. The fourth-order valence-corrected chi connectivity index (χ4v) is 0.873. The monoisotopic (exact) mass is 166 g/mol. The highest BCUT2D eigenvalue weighted by molar-refractivity contribution is 5.82. The van der Waals surface area contributed by atoms with Crippen molar-refractivity contribution in [3.8, 4) is 0 Å². The van der Waals surface area contributed by atoms with Crippen LogP contribution in [0.25, 0.3) is 0 Å². The number of carboxylic acid groups (broad SMARTS) is 1. The van der Waals surface area contributed by atoms with Crippen molar-refractivity contribution in [2.75, 3.05) is 5.32 Å². The molecule has 4 nitrogen and oxygen atoms in total. The quantitative estimate of drug-likeness (QED) is 0.703. The average molecular weight is 166 g/mol. The van der Waals surface area contributed by atoms with Gasteiger partial charge in [-0.15, -0.1) is 0 Å². The molecule has 1 amide bonds. The van der Waals surface area contributed by atoms with E-state index < -0.39 is 6.09 Å². The number of rotatable bonds is 2. The molecule has 0 radical (unpaired) electrons. The van der Waals surface area contributed by atoms with Gasteiger partial charge in [0.2, 0.25) is 0 Å². The van der Waals surface area contributed by atoms with E-state index in [4.69, 9.17) is 5.11 Å². The Kier molecular flexibility index (Phi) is 2.63. The van der Waals surface area contributed by atoms with Gasteiger partial charge in [-0.05, 0) is 18.6 Å². The Balaban J connectivity index is 2.79. The zero-order chi connectivity index (χ0) is 8.97. The van der Waals surface area contributed by atoms with Crippen molar-refractivity contribution in [1.82, 2.24) is 4.98 Å². The first-order valence-electron chi connectivity index (χ1n) is 3.67. The van der Waals surface area contributed by atoms with E-state index in [9.17, 15) is 4.79 Å². The Morgan fingerprint density at radius 3 is 3.08 bits per heavy atom. The number of nitrogens with zero attached hydrogens (tertiary/aromatic N) is 1. The van der Waals surface area contributed by atoms with E-state index in [1.54, 1.807) is 18.3 Å². The Morgan fingerprint density at radius 1 is 1.75 bits per heavy atom. The van der Waals surface area contributed by atoms with Crippen molar-refractivity contribution in [3.63, 3.8) is 0 Å². The minimum atomic E-state index is -1.05. The van der Waals surface area contributed by atoms with E-state index in [2.05, 4.69) is 10.3 Å². The normalized spacial score (nSPS) is 9.42. The van der Waals surface area contributed by atoms with Gasteiger partial charge in [0.1, 0.15) is 0 Å². The first-order chi connectivity index (χ1) is 5.72. The minimum absolute atomic E-state index is 0.564. The van der Waals surface area contributed by atoms with Gasteiger partial charge in [-0.25, -0.2) is 4.79 Å². The van der Waals surface area contributed by atoms with Crippen LogP contribution in [0.5, 0.6) is 0 Å². The molecule has 1 heterocycles. The summed E-state index contributed by atoms with van der Waals surface area (Å²) in [6.07, 6.45) is 1.34. The molecule has 0 bridgehead atoms. The smallest absolute Gasteiger partial charge is 0.409 e. The average Bonchev–Trinajstić information content (AvgIpc) is 2.03. The molecule has 0 aliphatic carbocycles. The molecule has 0 atom stereocenters. The molecule has 0 saturated carbocycles. The molecule has 0 unspecified atom stereocenters. The van der Waals surface area contributed by atoms with Crippen LogP contribution in [0.4, 0.5) is 10.5 Å². The van der Waals surface area contributed by atoms with Crippen LogP contribution in [0.15, 0.2) is 18.3 Å². The molecule has 2 N–H and O–H groups in total. The maximum atomic E-state index is 10.2. The lowest BCUT2D eigenvalue weighted by atomic mass is 10.3. The van der Waals surface area contributed by atoms with Gasteiger partial charge < -0.3 is 5.11 Å².